The Hall–Kier alpha value is -1.61. The van der Waals surface area contributed by atoms with Crippen molar-refractivity contribution < 1.29 is 0 Å². The summed E-state index contributed by atoms with van der Waals surface area (Å²) in [5.74, 6) is 0.554. The number of nitrogens with two attached hydrogens (primary N) is 1. The predicted octanol–water partition coefficient (Wildman–Crippen LogP) is 3.64. The number of nitrogen functional groups attached to an aromatic ring is 1. The fourth-order valence-corrected chi connectivity index (χ4v) is 2.09. The SMILES string of the molecule is CCCc1c(N)ncnc1-c1ccc(C)c(Cl)c1. The zero-order chi connectivity index (χ0) is 13.1. The second-order valence-corrected chi connectivity index (χ2v) is 4.71. The summed E-state index contributed by atoms with van der Waals surface area (Å²) in [6.07, 6.45) is 3.37. The van der Waals surface area contributed by atoms with Crippen LogP contribution in [0.1, 0.15) is 24.5 Å². The molecule has 2 N–H and O–H groups in total. The Bertz CT molecular complexity index is 567. The summed E-state index contributed by atoms with van der Waals surface area (Å²) in [6, 6.07) is 5.94. The molecule has 0 saturated carbocycles. The number of rotatable bonds is 3. The third-order valence-corrected chi connectivity index (χ3v) is 3.33. The maximum atomic E-state index is 6.16. The van der Waals surface area contributed by atoms with Crippen LogP contribution in [0.15, 0.2) is 24.5 Å². The van der Waals surface area contributed by atoms with Crippen LogP contribution in [0.3, 0.4) is 0 Å². The second kappa shape index (κ2) is 5.36. The first kappa shape index (κ1) is 12.8. The van der Waals surface area contributed by atoms with Gasteiger partial charge in [0.2, 0.25) is 0 Å². The molecular weight excluding hydrogens is 246 g/mol. The van der Waals surface area contributed by atoms with Crippen molar-refractivity contribution in [3.8, 4) is 11.3 Å². The van der Waals surface area contributed by atoms with Gasteiger partial charge in [-0.25, -0.2) is 9.97 Å². The van der Waals surface area contributed by atoms with Crippen molar-refractivity contribution in [2.24, 2.45) is 0 Å². The predicted molar refractivity (Wildman–Crippen MR) is 75.6 cm³/mol. The average molecular weight is 262 g/mol. The van der Waals surface area contributed by atoms with E-state index in [4.69, 9.17) is 17.3 Å². The molecule has 0 bridgehead atoms. The molecule has 0 radical (unpaired) electrons. The van der Waals surface area contributed by atoms with Gasteiger partial charge in [-0.1, -0.05) is 37.1 Å². The highest BCUT2D eigenvalue weighted by atomic mass is 35.5. The third kappa shape index (κ3) is 2.46. The van der Waals surface area contributed by atoms with Crippen LogP contribution in [0, 0.1) is 6.92 Å². The van der Waals surface area contributed by atoms with Crippen molar-refractivity contribution in [1.29, 1.82) is 0 Å². The molecule has 0 saturated heterocycles. The molecule has 0 aliphatic rings. The Kier molecular flexibility index (Phi) is 3.82. The van der Waals surface area contributed by atoms with E-state index >= 15 is 0 Å². The van der Waals surface area contributed by atoms with E-state index in [1.807, 2.05) is 25.1 Å². The summed E-state index contributed by atoms with van der Waals surface area (Å²) < 4.78 is 0. The van der Waals surface area contributed by atoms with Gasteiger partial charge in [-0.05, 0) is 25.0 Å². The Labute approximate surface area is 112 Å². The van der Waals surface area contributed by atoms with Crippen molar-refractivity contribution in [2.45, 2.75) is 26.7 Å². The molecule has 0 spiro atoms. The smallest absolute Gasteiger partial charge is 0.130 e. The minimum Gasteiger partial charge on any atom is -0.383 e. The molecule has 0 fully saturated rings. The summed E-state index contributed by atoms with van der Waals surface area (Å²) in [7, 11) is 0. The molecular formula is C14H16ClN3. The first-order valence-corrected chi connectivity index (χ1v) is 6.37. The van der Waals surface area contributed by atoms with E-state index < -0.39 is 0 Å². The first-order valence-electron chi connectivity index (χ1n) is 5.99. The fraction of sp³-hybridized carbons (Fsp3) is 0.286. The molecule has 1 aromatic heterocycles. The maximum Gasteiger partial charge on any atom is 0.130 e. The monoisotopic (exact) mass is 261 g/mol. The summed E-state index contributed by atoms with van der Waals surface area (Å²) >= 11 is 6.16. The van der Waals surface area contributed by atoms with Crippen LogP contribution in [0.4, 0.5) is 5.82 Å². The zero-order valence-electron chi connectivity index (χ0n) is 10.6. The highest BCUT2D eigenvalue weighted by molar-refractivity contribution is 6.31. The van der Waals surface area contributed by atoms with Crippen LogP contribution in [-0.2, 0) is 6.42 Å². The first-order chi connectivity index (χ1) is 8.63. The Morgan fingerprint density at radius 2 is 2.06 bits per heavy atom. The van der Waals surface area contributed by atoms with E-state index in [1.165, 1.54) is 6.33 Å². The molecule has 0 aliphatic carbocycles. The minimum absolute atomic E-state index is 0.554. The number of hydrogen-bond donors (Lipinski definition) is 1. The van der Waals surface area contributed by atoms with Crippen molar-refractivity contribution >= 4 is 17.4 Å². The molecule has 1 heterocycles. The Morgan fingerprint density at radius 3 is 2.72 bits per heavy atom. The highest BCUT2D eigenvalue weighted by Gasteiger charge is 2.11. The highest BCUT2D eigenvalue weighted by Crippen LogP contribution is 2.28. The Morgan fingerprint density at radius 1 is 1.28 bits per heavy atom. The second-order valence-electron chi connectivity index (χ2n) is 4.30. The van der Waals surface area contributed by atoms with Gasteiger partial charge in [-0.2, -0.15) is 0 Å². The van der Waals surface area contributed by atoms with Crippen molar-refractivity contribution in [3.05, 3.63) is 40.7 Å². The minimum atomic E-state index is 0.554. The van der Waals surface area contributed by atoms with Gasteiger partial charge in [-0.3, -0.25) is 0 Å². The summed E-state index contributed by atoms with van der Waals surface area (Å²) in [6.45, 7) is 4.09. The Balaban J connectivity index is 2.55. The molecule has 0 unspecified atom stereocenters. The molecule has 2 aromatic rings. The maximum absolute atomic E-state index is 6.16. The number of aromatic nitrogens is 2. The van der Waals surface area contributed by atoms with E-state index in [0.29, 0.717) is 5.82 Å². The van der Waals surface area contributed by atoms with Gasteiger partial charge < -0.3 is 5.73 Å². The van der Waals surface area contributed by atoms with Crippen molar-refractivity contribution in [3.63, 3.8) is 0 Å². The van der Waals surface area contributed by atoms with Crippen molar-refractivity contribution in [1.82, 2.24) is 9.97 Å². The topological polar surface area (TPSA) is 51.8 Å². The van der Waals surface area contributed by atoms with E-state index in [1.54, 1.807) is 0 Å². The normalized spacial score (nSPS) is 10.6. The van der Waals surface area contributed by atoms with Gasteiger partial charge in [0.15, 0.2) is 0 Å². The number of hydrogen-bond acceptors (Lipinski definition) is 3. The number of aryl methyl sites for hydroxylation is 1. The third-order valence-electron chi connectivity index (χ3n) is 2.92. The van der Waals surface area contributed by atoms with E-state index in [9.17, 15) is 0 Å². The van der Waals surface area contributed by atoms with E-state index in [0.717, 1.165) is 40.2 Å². The number of halogens is 1. The summed E-state index contributed by atoms with van der Waals surface area (Å²) in [5, 5.41) is 0.743. The van der Waals surface area contributed by atoms with E-state index in [-0.39, 0.29) is 0 Å². The van der Waals surface area contributed by atoms with Gasteiger partial charge in [-0.15, -0.1) is 0 Å². The van der Waals surface area contributed by atoms with Crippen LogP contribution < -0.4 is 5.73 Å². The van der Waals surface area contributed by atoms with Crippen LogP contribution in [0.25, 0.3) is 11.3 Å². The molecule has 0 aliphatic heterocycles. The largest absolute Gasteiger partial charge is 0.383 e. The summed E-state index contributed by atoms with van der Waals surface area (Å²) in [4.78, 5) is 8.41. The lowest BCUT2D eigenvalue weighted by atomic mass is 10.0. The number of anilines is 1. The van der Waals surface area contributed by atoms with Gasteiger partial charge in [0.05, 0.1) is 5.69 Å². The molecule has 2 rings (SSSR count). The number of benzene rings is 1. The lowest BCUT2D eigenvalue weighted by Gasteiger charge is -2.10. The van der Waals surface area contributed by atoms with Crippen molar-refractivity contribution in [2.75, 3.05) is 5.73 Å². The van der Waals surface area contributed by atoms with Crippen LogP contribution in [0.5, 0.6) is 0 Å². The molecule has 4 heteroatoms. The van der Waals surface area contributed by atoms with Gasteiger partial charge in [0, 0.05) is 16.1 Å². The molecule has 18 heavy (non-hydrogen) atoms. The van der Waals surface area contributed by atoms with Crippen LogP contribution in [-0.4, -0.2) is 9.97 Å². The molecule has 3 nitrogen and oxygen atoms in total. The molecule has 1 aromatic carbocycles. The zero-order valence-corrected chi connectivity index (χ0v) is 11.3. The number of nitrogens with zero attached hydrogens (tertiary/aromatic N) is 2. The lowest BCUT2D eigenvalue weighted by Crippen LogP contribution is -2.02. The van der Waals surface area contributed by atoms with Gasteiger partial charge in [0.1, 0.15) is 12.1 Å². The van der Waals surface area contributed by atoms with Gasteiger partial charge >= 0.3 is 0 Å². The van der Waals surface area contributed by atoms with Crippen LogP contribution in [0.2, 0.25) is 5.02 Å². The van der Waals surface area contributed by atoms with E-state index in [2.05, 4.69) is 16.9 Å². The standard InChI is InChI=1S/C14H16ClN3/c1-3-4-11-13(17-8-18-14(11)16)10-6-5-9(2)12(15)7-10/h5-8H,3-4H2,1-2H3,(H2,16,17,18). The van der Waals surface area contributed by atoms with Gasteiger partial charge in [0.25, 0.3) is 0 Å². The average Bonchev–Trinajstić information content (AvgIpc) is 2.35. The molecule has 0 amide bonds. The lowest BCUT2D eigenvalue weighted by molar-refractivity contribution is 0.908. The molecule has 94 valence electrons. The van der Waals surface area contributed by atoms with Crippen LogP contribution >= 0.6 is 11.6 Å². The summed E-state index contributed by atoms with van der Waals surface area (Å²) in [5.41, 5.74) is 9.85. The fourth-order valence-electron chi connectivity index (χ4n) is 1.91. The quantitative estimate of drug-likeness (QED) is 0.918. The molecule has 0 atom stereocenters.